The number of carbonyl (C=O) groups is 2. The lowest BCUT2D eigenvalue weighted by molar-refractivity contribution is -0.146. The van der Waals surface area contributed by atoms with Crippen molar-refractivity contribution < 1.29 is 19.4 Å². The minimum atomic E-state index is -0.758. The van der Waals surface area contributed by atoms with E-state index in [2.05, 4.69) is 23.2 Å². The number of benzene rings is 1. The van der Waals surface area contributed by atoms with Gasteiger partial charge in [0, 0.05) is 37.5 Å². The number of amides is 1. The Labute approximate surface area is 170 Å². The number of likely N-dealkylation sites (tertiary alicyclic amines) is 1. The number of nitrogens with zero attached hydrogens (tertiary/aromatic N) is 1. The van der Waals surface area contributed by atoms with E-state index in [9.17, 15) is 14.7 Å². The summed E-state index contributed by atoms with van der Waals surface area (Å²) >= 11 is 0. The van der Waals surface area contributed by atoms with Crippen LogP contribution in [-0.4, -0.2) is 52.7 Å². The zero-order chi connectivity index (χ0) is 20.2. The van der Waals surface area contributed by atoms with E-state index in [1.807, 2.05) is 29.2 Å². The third kappa shape index (κ3) is 4.53. The van der Waals surface area contributed by atoms with Crippen LogP contribution in [0.15, 0.2) is 42.5 Å². The van der Waals surface area contributed by atoms with Crippen molar-refractivity contribution in [3.63, 3.8) is 0 Å². The molecule has 6 heteroatoms. The fraction of sp³-hybridized carbons (Fsp3) is 0.478. The van der Waals surface area contributed by atoms with Crippen molar-refractivity contribution >= 4 is 11.9 Å². The summed E-state index contributed by atoms with van der Waals surface area (Å²) in [6.45, 7) is 1.91. The van der Waals surface area contributed by atoms with Crippen LogP contribution in [0.25, 0.3) is 11.3 Å². The number of aromatic amines is 1. The van der Waals surface area contributed by atoms with Gasteiger partial charge in [-0.25, -0.2) is 0 Å². The van der Waals surface area contributed by atoms with E-state index >= 15 is 0 Å². The summed E-state index contributed by atoms with van der Waals surface area (Å²) in [6.07, 6.45) is 3.22. The van der Waals surface area contributed by atoms with E-state index in [-0.39, 0.29) is 17.9 Å². The van der Waals surface area contributed by atoms with Crippen LogP contribution in [0, 0.1) is 11.8 Å². The van der Waals surface area contributed by atoms with Gasteiger partial charge in [-0.05, 0) is 49.3 Å². The first-order valence-electron chi connectivity index (χ1n) is 10.5. The number of carboxylic acids is 1. The topological polar surface area (TPSA) is 82.6 Å². The summed E-state index contributed by atoms with van der Waals surface area (Å²) in [4.78, 5) is 29.4. The second kappa shape index (κ2) is 8.82. The Bertz CT molecular complexity index is 840. The van der Waals surface area contributed by atoms with Gasteiger partial charge in [0.15, 0.2) is 0 Å². The van der Waals surface area contributed by atoms with Crippen molar-refractivity contribution in [2.45, 2.75) is 38.2 Å². The molecule has 2 N–H and O–H groups in total. The van der Waals surface area contributed by atoms with E-state index in [0.29, 0.717) is 39.0 Å². The number of aliphatic carboxylic acids is 1. The number of carbonyl (C=O) groups excluding carboxylic acids is 1. The van der Waals surface area contributed by atoms with Crippen LogP contribution in [0.3, 0.4) is 0 Å². The zero-order valence-electron chi connectivity index (χ0n) is 16.5. The molecule has 6 nitrogen and oxygen atoms in total. The van der Waals surface area contributed by atoms with E-state index in [1.165, 1.54) is 0 Å². The quantitative estimate of drug-likeness (QED) is 0.785. The summed E-state index contributed by atoms with van der Waals surface area (Å²) in [7, 11) is 0. The highest BCUT2D eigenvalue weighted by atomic mass is 16.5. The SMILES string of the molecule is O=C(O)C1CCO[C@H]1C1CCN(C(=O)CCc2ccc(-c3ccccc3)[nH]2)CC1. The number of rotatable bonds is 6. The number of carboxylic acid groups (broad SMARTS) is 1. The molecule has 1 amide bonds. The molecule has 29 heavy (non-hydrogen) atoms. The highest BCUT2D eigenvalue weighted by Crippen LogP contribution is 2.33. The van der Waals surface area contributed by atoms with Crippen LogP contribution in [0.5, 0.6) is 0 Å². The van der Waals surface area contributed by atoms with E-state index in [0.717, 1.165) is 29.8 Å². The average molecular weight is 396 g/mol. The molecular weight excluding hydrogens is 368 g/mol. The molecule has 0 saturated carbocycles. The zero-order valence-corrected chi connectivity index (χ0v) is 16.5. The van der Waals surface area contributed by atoms with Crippen LogP contribution in [-0.2, 0) is 20.7 Å². The smallest absolute Gasteiger partial charge is 0.309 e. The standard InChI is InChI=1S/C23H28N2O4/c26-21(9-7-18-6-8-20(24-18)16-4-2-1-3-5-16)25-13-10-17(11-14-25)22-19(23(27)28)12-15-29-22/h1-6,8,17,19,22,24H,7,9-15H2,(H,27,28)/t19?,22-/m0/s1. The maximum absolute atomic E-state index is 12.6. The monoisotopic (exact) mass is 396 g/mol. The molecule has 4 rings (SSSR count). The third-order valence-corrected chi connectivity index (χ3v) is 6.25. The predicted octanol–water partition coefficient (Wildman–Crippen LogP) is 3.34. The lowest BCUT2D eigenvalue weighted by atomic mass is 9.84. The number of hydrogen-bond donors (Lipinski definition) is 2. The van der Waals surface area contributed by atoms with Crippen LogP contribution in [0.2, 0.25) is 0 Å². The molecule has 1 unspecified atom stereocenters. The third-order valence-electron chi connectivity index (χ3n) is 6.25. The number of aryl methyl sites for hydroxylation is 1. The minimum Gasteiger partial charge on any atom is -0.481 e. The summed E-state index contributed by atoms with van der Waals surface area (Å²) in [5.74, 6) is -0.748. The molecule has 2 atom stereocenters. The van der Waals surface area contributed by atoms with Gasteiger partial charge in [0.05, 0.1) is 12.0 Å². The van der Waals surface area contributed by atoms with Gasteiger partial charge in [0.1, 0.15) is 0 Å². The Morgan fingerprint density at radius 2 is 1.83 bits per heavy atom. The lowest BCUT2D eigenvalue weighted by Gasteiger charge is -2.35. The van der Waals surface area contributed by atoms with Crippen LogP contribution in [0.1, 0.15) is 31.4 Å². The van der Waals surface area contributed by atoms with Crippen molar-refractivity contribution in [3.8, 4) is 11.3 Å². The Morgan fingerprint density at radius 3 is 2.55 bits per heavy atom. The normalized spacial score (nSPS) is 22.7. The van der Waals surface area contributed by atoms with Crippen LogP contribution < -0.4 is 0 Å². The Morgan fingerprint density at radius 1 is 1.07 bits per heavy atom. The molecule has 0 bridgehead atoms. The fourth-order valence-electron chi connectivity index (χ4n) is 4.59. The predicted molar refractivity (Wildman–Crippen MR) is 109 cm³/mol. The van der Waals surface area contributed by atoms with Gasteiger partial charge in [0.2, 0.25) is 5.91 Å². The van der Waals surface area contributed by atoms with E-state index in [1.54, 1.807) is 0 Å². The number of H-pyrrole nitrogens is 1. The molecule has 0 aliphatic carbocycles. The molecule has 2 saturated heterocycles. The largest absolute Gasteiger partial charge is 0.481 e. The maximum Gasteiger partial charge on any atom is 0.309 e. The average Bonchev–Trinajstić information content (AvgIpc) is 3.43. The highest BCUT2D eigenvalue weighted by Gasteiger charge is 2.40. The van der Waals surface area contributed by atoms with Crippen molar-refractivity contribution in [1.82, 2.24) is 9.88 Å². The summed E-state index contributed by atoms with van der Waals surface area (Å²) in [6, 6.07) is 14.3. The highest BCUT2D eigenvalue weighted by molar-refractivity contribution is 5.76. The molecule has 1 aromatic heterocycles. The van der Waals surface area contributed by atoms with Gasteiger partial charge in [-0.15, -0.1) is 0 Å². The molecule has 154 valence electrons. The number of aromatic nitrogens is 1. The first kappa shape index (κ1) is 19.7. The van der Waals surface area contributed by atoms with Crippen molar-refractivity contribution in [1.29, 1.82) is 0 Å². The molecule has 0 radical (unpaired) electrons. The fourth-order valence-corrected chi connectivity index (χ4v) is 4.59. The molecular formula is C23H28N2O4. The van der Waals surface area contributed by atoms with Crippen molar-refractivity contribution in [2.24, 2.45) is 11.8 Å². The van der Waals surface area contributed by atoms with E-state index < -0.39 is 11.9 Å². The van der Waals surface area contributed by atoms with Gasteiger partial charge in [0.25, 0.3) is 0 Å². The van der Waals surface area contributed by atoms with Crippen LogP contribution >= 0.6 is 0 Å². The van der Waals surface area contributed by atoms with Gasteiger partial charge >= 0.3 is 5.97 Å². The number of hydrogen-bond acceptors (Lipinski definition) is 3. The van der Waals surface area contributed by atoms with Gasteiger partial charge in [-0.3, -0.25) is 9.59 Å². The Hall–Kier alpha value is -2.60. The molecule has 1 aromatic carbocycles. The molecule has 3 heterocycles. The molecule has 2 aliphatic heterocycles. The Balaban J connectivity index is 1.25. The van der Waals surface area contributed by atoms with Gasteiger partial charge in [-0.1, -0.05) is 30.3 Å². The first-order valence-corrected chi connectivity index (χ1v) is 10.5. The summed E-state index contributed by atoms with van der Waals surface area (Å²) in [5.41, 5.74) is 3.27. The van der Waals surface area contributed by atoms with Crippen LogP contribution in [0.4, 0.5) is 0 Å². The number of ether oxygens (including phenoxy) is 1. The van der Waals surface area contributed by atoms with Gasteiger partial charge in [-0.2, -0.15) is 0 Å². The Kier molecular flexibility index (Phi) is 6.00. The van der Waals surface area contributed by atoms with Crippen molar-refractivity contribution in [2.75, 3.05) is 19.7 Å². The minimum absolute atomic E-state index is 0.168. The number of piperidine rings is 1. The second-order valence-electron chi connectivity index (χ2n) is 8.05. The van der Waals surface area contributed by atoms with E-state index in [4.69, 9.17) is 4.74 Å². The molecule has 2 fully saturated rings. The second-order valence-corrected chi connectivity index (χ2v) is 8.05. The lowest BCUT2D eigenvalue weighted by Crippen LogP contribution is -2.43. The maximum atomic E-state index is 12.6. The first-order chi connectivity index (χ1) is 14.1. The summed E-state index contributed by atoms with van der Waals surface area (Å²) < 4.78 is 5.72. The molecule has 0 spiro atoms. The van der Waals surface area contributed by atoms with Crippen molar-refractivity contribution in [3.05, 3.63) is 48.2 Å². The number of nitrogens with one attached hydrogen (secondary N) is 1. The summed E-state index contributed by atoms with van der Waals surface area (Å²) in [5, 5.41) is 9.36. The molecule has 2 aromatic rings. The molecule has 2 aliphatic rings. The van der Waals surface area contributed by atoms with Gasteiger partial charge < -0.3 is 19.7 Å².